The van der Waals surface area contributed by atoms with E-state index in [2.05, 4.69) is 22.3 Å². The standard InChI is InChI=1S/C10H18N4O/c1-8-5-9(3-4-15-8)11-6-10-12-7-14(2)13-10/h7-9,11H,3-6H2,1-2H3. The van der Waals surface area contributed by atoms with Gasteiger partial charge in [0.15, 0.2) is 5.82 Å². The van der Waals surface area contributed by atoms with Gasteiger partial charge in [0.25, 0.3) is 0 Å². The molecule has 0 radical (unpaired) electrons. The first-order valence-corrected chi connectivity index (χ1v) is 5.43. The number of hydrogen-bond donors (Lipinski definition) is 1. The first-order valence-electron chi connectivity index (χ1n) is 5.43. The zero-order valence-electron chi connectivity index (χ0n) is 9.31. The third-order valence-electron chi connectivity index (χ3n) is 2.68. The van der Waals surface area contributed by atoms with E-state index in [0.717, 1.165) is 31.8 Å². The summed E-state index contributed by atoms with van der Waals surface area (Å²) in [5.41, 5.74) is 0. The van der Waals surface area contributed by atoms with Gasteiger partial charge >= 0.3 is 0 Å². The molecule has 1 aliphatic rings. The molecule has 2 heterocycles. The van der Waals surface area contributed by atoms with Crippen molar-refractivity contribution >= 4 is 0 Å². The number of rotatable bonds is 3. The molecule has 84 valence electrons. The van der Waals surface area contributed by atoms with Gasteiger partial charge < -0.3 is 10.1 Å². The van der Waals surface area contributed by atoms with E-state index in [9.17, 15) is 0 Å². The summed E-state index contributed by atoms with van der Waals surface area (Å²) >= 11 is 0. The van der Waals surface area contributed by atoms with Crippen LogP contribution in [0.5, 0.6) is 0 Å². The molecular weight excluding hydrogens is 192 g/mol. The first kappa shape index (κ1) is 10.6. The van der Waals surface area contributed by atoms with E-state index in [0.29, 0.717) is 12.1 Å². The molecule has 0 amide bonds. The first-order chi connectivity index (χ1) is 7.24. The molecule has 0 aromatic carbocycles. The molecular formula is C10H18N4O. The lowest BCUT2D eigenvalue weighted by atomic mass is 10.0. The molecule has 2 rings (SSSR count). The molecule has 1 aromatic heterocycles. The largest absolute Gasteiger partial charge is 0.378 e. The van der Waals surface area contributed by atoms with Crippen molar-refractivity contribution in [3.8, 4) is 0 Å². The van der Waals surface area contributed by atoms with E-state index < -0.39 is 0 Å². The highest BCUT2D eigenvalue weighted by Crippen LogP contribution is 2.13. The molecule has 1 aromatic rings. The predicted molar refractivity (Wildman–Crippen MR) is 56.3 cm³/mol. The molecule has 5 heteroatoms. The normalized spacial score (nSPS) is 26.8. The Hall–Kier alpha value is -0.940. The van der Waals surface area contributed by atoms with Gasteiger partial charge in [-0.2, -0.15) is 5.10 Å². The van der Waals surface area contributed by atoms with Crippen LogP contribution in [0.3, 0.4) is 0 Å². The van der Waals surface area contributed by atoms with Crippen molar-refractivity contribution in [2.45, 2.75) is 38.5 Å². The highest BCUT2D eigenvalue weighted by Gasteiger charge is 2.18. The lowest BCUT2D eigenvalue weighted by Gasteiger charge is -2.27. The summed E-state index contributed by atoms with van der Waals surface area (Å²) in [5, 5.41) is 7.69. The Morgan fingerprint density at radius 3 is 3.20 bits per heavy atom. The molecule has 0 saturated carbocycles. The van der Waals surface area contributed by atoms with E-state index in [4.69, 9.17) is 4.74 Å². The number of hydrogen-bond acceptors (Lipinski definition) is 4. The number of aromatic nitrogens is 3. The number of ether oxygens (including phenoxy) is 1. The van der Waals surface area contributed by atoms with Crippen molar-refractivity contribution in [2.75, 3.05) is 6.61 Å². The highest BCUT2D eigenvalue weighted by molar-refractivity contribution is 4.83. The minimum absolute atomic E-state index is 0.368. The molecule has 1 saturated heterocycles. The van der Waals surface area contributed by atoms with Crippen molar-refractivity contribution in [3.63, 3.8) is 0 Å². The van der Waals surface area contributed by atoms with Crippen LogP contribution in [-0.4, -0.2) is 33.5 Å². The van der Waals surface area contributed by atoms with Crippen molar-refractivity contribution in [2.24, 2.45) is 7.05 Å². The van der Waals surface area contributed by atoms with Gasteiger partial charge in [0, 0.05) is 19.7 Å². The monoisotopic (exact) mass is 210 g/mol. The average molecular weight is 210 g/mol. The van der Waals surface area contributed by atoms with Gasteiger partial charge in [-0.15, -0.1) is 0 Å². The van der Waals surface area contributed by atoms with Crippen molar-refractivity contribution in [1.82, 2.24) is 20.1 Å². The Balaban J connectivity index is 1.77. The maximum Gasteiger partial charge on any atom is 0.164 e. The second kappa shape index (κ2) is 4.72. The highest BCUT2D eigenvalue weighted by atomic mass is 16.5. The summed E-state index contributed by atoms with van der Waals surface area (Å²) in [6, 6.07) is 0.539. The third-order valence-corrected chi connectivity index (χ3v) is 2.68. The molecule has 0 spiro atoms. The average Bonchev–Trinajstić information content (AvgIpc) is 2.62. The Labute approximate surface area is 89.8 Å². The van der Waals surface area contributed by atoms with Gasteiger partial charge in [0.05, 0.1) is 12.6 Å². The summed E-state index contributed by atoms with van der Waals surface area (Å²) in [6.07, 6.45) is 4.25. The van der Waals surface area contributed by atoms with E-state index in [1.54, 1.807) is 11.0 Å². The van der Waals surface area contributed by atoms with Gasteiger partial charge in [-0.05, 0) is 19.8 Å². The van der Waals surface area contributed by atoms with Crippen LogP contribution in [0.1, 0.15) is 25.6 Å². The minimum atomic E-state index is 0.368. The van der Waals surface area contributed by atoms with Crippen LogP contribution in [0, 0.1) is 0 Å². The summed E-state index contributed by atoms with van der Waals surface area (Å²) in [7, 11) is 1.88. The van der Waals surface area contributed by atoms with Crippen LogP contribution in [-0.2, 0) is 18.3 Å². The van der Waals surface area contributed by atoms with Crippen LogP contribution < -0.4 is 5.32 Å². The SMILES string of the molecule is CC1CC(NCc2ncn(C)n2)CCO1. The smallest absolute Gasteiger partial charge is 0.164 e. The summed E-state index contributed by atoms with van der Waals surface area (Å²) in [6.45, 7) is 3.72. The lowest BCUT2D eigenvalue weighted by molar-refractivity contribution is 0.0129. The fraction of sp³-hybridized carbons (Fsp3) is 0.800. The maximum atomic E-state index is 5.49. The molecule has 15 heavy (non-hydrogen) atoms. The summed E-state index contributed by atoms with van der Waals surface area (Å²) < 4.78 is 7.21. The second-order valence-corrected chi connectivity index (χ2v) is 4.12. The van der Waals surface area contributed by atoms with Gasteiger partial charge in [0.1, 0.15) is 6.33 Å². The quantitative estimate of drug-likeness (QED) is 0.788. The van der Waals surface area contributed by atoms with Gasteiger partial charge in [0.2, 0.25) is 0 Å². The van der Waals surface area contributed by atoms with Crippen LogP contribution in [0.25, 0.3) is 0 Å². The van der Waals surface area contributed by atoms with Crippen LogP contribution in [0.4, 0.5) is 0 Å². The van der Waals surface area contributed by atoms with Gasteiger partial charge in [-0.3, -0.25) is 4.68 Å². The molecule has 0 aliphatic carbocycles. The van der Waals surface area contributed by atoms with E-state index in [-0.39, 0.29) is 0 Å². The molecule has 0 bridgehead atoms. The summed E-state index contributed by atoms with van der Waals surface area (Å²) in [4.78, 5) is 4.18. The van der Waals surface area contributed by atoms with Gasteiger partial charge in [-0.1, -0.05) is 0 Å². The number of nitrogens with zero attached hydrogens (tertiary/aromatic N) is 3. The topological polar surface area (TPSA) is 52.0 Å². The molecule has 1 aliphatic heterocycles. The zero-order valence-corrected chi connectivity index (χ0v) is 9.31. The van der Waals surface area contributed by atoms with Crippen LogP contribution >= 0.6 is 0 Å². The van der Waals surface area contributed by atoms with E-state index >= 15 is 0 Å². The van der Waals surface area contributed by atoms with Crippen LogP contribution in [0.15, 0.2) is 6.33 Å². The van der Waals surface area contributed by atoms with Crippen molar-refractivity contribution in [1.29, 1.82) is 0 Å². The number of aryl methyl sites for hydroxylation is 1. The Bertz CT molecular complexity index is 312. The van der Waals surface area contributed by atoms with Crippen molar-refractivity contribution in [3.05, 3.63) is 12.2 Å². The number of nitrogens with one attached hydrogen (secondary N) is 1. The molecule has 5 nitrogen and oxygen atoms in total. The zero-order chi connectivity index (χ0) is 10.7. The minimum Gasteiger partial charge on any atom is -0.378 e. The Kier molecular flexibility index (Phi) is 3.33. The third kappa shape index (κ3) is 3.00. The molecule has 2 unspecified atom stereocenters. The Morgan fingerprint density at radius 2 is 2.53 bits per heavy atom. The van der Waals surface area contributed by atoms with Gasteiger partial charge in [-0.25, -0.2) is 4.98 Å². The molecule has 1 fully saturated rings. The van der Waals surface area contributed by atoms with Crippen LogP contribution in [0.2, 0.25) is 0 Å². The van der Waals surface area contributed by atoms with E-state index in [1.165, 1.54) is 0 Å². The molecule has 1 N–H and O–H groups in total. The maximum absolute atomic E-state index is 5.49. The fourth-order valence-electron chi connectivity index (χ4n) is 1.88. The summed E-state index contributed by atoms with van der Waals surface area (Å²) in [5.74, 6) is 0.858. The predicted octanol–water partition coefficient (Wildman–Crippen LogP) is 0.472. The molecule has 2 atom stereocenters. The Morgan fingerprint density at radius 1 is 1.67 bits per heavy atom. The van der Waals surface area contributed by atoms with E-state index in [1.807, 2.05) is 7.05 Å². The van der Waals surface area contributed by atoms with Crippen molar-refractivity contribution < 1.29 is 4.74 Å². The second-order valence-electron chi connectivity index (χ2n) is 4.12. The fourth-order valence-corrected chi connectivity index (χ4v) is 1.88. The lowest BCUT2D eigenvalue weighted by Crippen LogP contribution is -2.37.